The van der Waals surface area contributed by atoms with Crippen LogP contribution < -0.4 is 5.32 Å². The van der Waals surface area contributed by atoms with Crippen LogP contribution in [-0.4, -0.2) is 5.91 Å². The molecule has 0 heterocycles. The molecule has 104 valence electrons. The minimum Gasteiger partial charge on any atom is -0.326 e. The van der Waals surface area contributed by atoms with Gasteiger partial charge < -0.3 is 5.32 Å². The number of hydrogen-bond donors (Lipinski definition) is 1. The standard InChI is InChI=1S/C14H16F3NO/c15-14(16,17)11-6-8-12(9-7-11)18-13(19)10-4-2-1-3-5-10/h6-10H,1-5H2,(H,18,19). The monoisotopic (exact) mass is 271 g/mol. The van der Waals surface area contributed by atoms with Gasteiger partial charge in [-0.1, -0.05) is 19.3 Å². The molecule has 19 heavy (non-hydrogen) atoms. The summed E-state index contributed by atoms with van der Waals surface area (Å²) in [6.45, 7) is 0. The molecule has 2 nitrogen and oxygen atoms in total. The largest absolute Gasteiger partial charge is 0.416 e. The van der Waals surface area contributed by atoms with E-state index in [1.807, 2.05) is 0 Å². The van der Waals surface area contributed by atoms with E-state index in [1.54, 1.807) is 0 Å². The third kappa shape index (κ3) is 3.72. The normalized spacial score (nSPS) is 17.2. The Morgan fingerprint density at radius 3 is 2.16 bits per heavy atom. The number of amides is 1. The summed E-state index contributed by atoms with van der Waals surface area (Å²) in [4.78, 5) is 11.9. The summed E-state index contributed by atoms with van der Waals surface area (Å²) in [6.07, 6.45) is 0.644. The van der Waals surface area contributed by atoms with Crippen LogP contribution in [0.25, 0.3) is 0 Å². The van der Waals surface area contributed by atoms with Crippen LogP contribution in [0.5, 0.6) is 0 Å². The summed E-state index contributed by atoms with van der Waals surface area (Å²) < 4.78 is 37.2. The number of nitrogens with one attached hydrogen (secondary N) is 1. The van der Waals surface area contributed by atoms with Gasteiger partial charge in [0.1, 0.15) is 0 Å². The fourth-order valence-electron chi connectivity index (χ4n) is 2.35. The zero-order chi connectivity index (χ0) is 13.9. The average Bonchev–Trinajstić information content (AvgIpc) is 2.39. The first-order valence-corrected chi connectivity index (χ1v) is 6.45. The van der Waals surface area contributed by atoms with Gasteiger partial charge in [0.05, 0.1) is 5.56 Å². The van der Waals surface area contributed by atoms with Crippen LogP contribution in [0.1, 0.15) is 37.7 Å². The third-order valence-corrected chi connectivity index (χ3v) is 3.46. The molecule has 0 atom stereocenters. The molecule has 0 saturated heterocycles. The molecule has 0 radical (unpaired) electrons. The summed E-state index contributed by atoms with van der Waals surface area (Å²) in [5, 5.41) is 2.68. The maximum atomic E-state index is 12.4. The molecular formula is C14H16F3NO. The van der Waals surface area contributed by atoms with Crippen LogP contribution in [0.3, 0.4) is 0 Å². The smallest absolute Gasteiger partial charge is 0.326 e. The Hall–Kier alpha value is -1.52. The molecule has 2 rings (SSSR count). The van der Waals surface area contributed by atoms with Crippen LogP contribution in [0.15, 0.2) is 24.3 Å². The van der Waals surface area contributed by atoms with Crippen LogP contribution in [0.4, 0.5) is 18.9 Å². The molecule has 5 heteroatoms. The number of carbonyl (C=O) groups is 1. The number of rotatable bonds is 2. The number of alkyl halides is 3. The Bertz CT molecular complexity index is 433. The fraction of sp³-hybridized carbons (Fsp3) is 0.500. The Balaban J connectivity index is 1.97. The van der Waals surface area contributed by atoms with Gasteiger partial charge in [-0.15, -0.1) is 0 Å². The van der Waals surface area contributed by atoms with Crippen molar-refractivity contribution in [2.24, 2.45) is 5.92 Å². The summed E-state index contributed by atoms with van der Waals surface area (Å²) in [7, 11) is 0. The van der Waals surface area contributed by atoms with Gasteiger partial charge in [-0.05, 0) is 37.1 Å². The van der Waals surface area contributed by atoms with Crippen LogP contribution >= 0.6 is 0 Å². The van der Waals surface area contributed by atoms with E-state index in [1.165, 1.54) is 12.1 Å². The topological polar surface area (TPSA) is 29.1 Å². The van der Waals surface area contributed by atoms with E-state index in [4.69, 9.17) is 0 Å². The van der Waals surface area contributed by atoms with E-state index in [0.717, 1.165) is 44.2 Å². The highest BCUT2D eigenvalue weighted by atomic mass is 19.4. The number of hydrogen-bond acceptors (Lipinski definition) is 1. The molecule has 1 amide bonds. The molecule has 0 bridgehead atoms. The summed E-state index contributed by atoms with van der Waals surface area (Å²) in [5.74, 6) is -0.0875. The molecule has 1 aliphatic carbocycles. The van der Waals surface area contributed by atoms with Crippen molar-refractivity contribution < 1.29 is 18.0 Å². The number of anilines is 1. The zero-order valence-electron chi connectivity index (χ0n) is 10.5. The minimum absolute atomic E-state index is 0.00366. The molecule has 1 aromatic rings. The van der Waals surface area contributed by atoms with Crippen molar-refractivity contribution in [3.8, 4) is 0 Å². The lowest BCUT2D eigenvalue weighted by atomic mass is 9.88. The first-order chi connectivity index (χ1) is 8.97. The summed E-state index contributed by atoms with van der Waals surface area (Å²) in [5.41, 5.74) is -0.285. The van der Waals surface area contributed by atoms with Crippen molar-refractivity contribution in [2.75, 3.05) is 5.32 Å². The van der Waals surface area contributed by atoms with Crippen molar-refractivity contribution in [2.45, 2.75) is 38.3 Å². The van der Waals surface area contributed by atoms with Gasteiger partial charge in [-0.25, -0.2) is 0 Å². The third-order valence-electron chi connectivity index (χ3n) is 3.46. The molecular weight excluding hydrogens is 255 g/mol. The quantitative estimate of drug-likeness (QED) is 0.857. The van der Waals surface area contributed by atoms with E-state index >= 15 is 0 Å². The molecule has 1 saturated carbocycles. The Labute approximate surface area is 110 Å². The molecule has 0 spiro atoms. The Morgan fingerprint density at radius 2 is 1.63 bits per heavy atom. The van der Waals surface area contributed by atoms with E-state index < -0.39 is 11.7 Å². The van der Waals surface area contributed by atoms with Crippen LogP contribution in [-0.2, 0) is 11.0 Å². The van der Waals surface area contributed by atoms with E-state index in [-0.39, 0.29) is 11.8 Å². The van der Waals surface area contributed by atoms with Gasteiger partial charge in [0, 0.05) is 11.6 Å². The first-order valence-electron chi connectivity index (χ1n) is 6.45. The van der Waals surface area contributed by atoms with E-state index in [9.17, 15) is 18.0 Å². The number of benzene rings is 1. The highest BCUT2D eigenvalue weighted by Gasteiger charge is 2.30. The van der Waals surface area contributed by atoms with Crippen LogP contribution in [0, 0.1) is 5.92 Å². The van der Waals surface area contributed by atoms with Crippen molar-refractivity contribution in [1.29, 1.82) is 0 Å². The second-order valence-electron chi connectivity index (χ2n) is 4.90. The molecule has 1 N–H and O–H groups in total. The fourth-order valence-corrected chi connectivity index (χ4v) is 2.35. The predicted octanol–water partition coefficient (Wildman–Crippen LogP) is 4.22. The molecule has 1 aliphatic rings. The maximum absolute atomic E-state index is 12.4. The van der Waals surface area contributed by atoms with Crippen LogP contribution in [0.2, 0.25) is 0 Å². The average molecular weight is 271 g/mol. The number of carbonyl (C=O) groups excluding carboxylic acids is 1. The number of halogens is 3. The van der Waals surface area contributed by atoms with Gasteiger partial charge in [0.15, 0.2) is 0 Å². The van der Waals surface area contributed by atoms with Crippen molar-refractivity contribution in [1.82, 2.24) is 0 Å². The van der Waals surface area contributed by atoms with Crippen molar-refractivity contribution in [3.05, 3.63) is 29.8 Å². The van der Waals surface area contributed by atoms with Gasteiger partial charge in [-0.2, -0.15) is 13.2 Å². The van der Waals surface area contributed by atoms with Gasteiger partial charge in [-0.3, -0.25) is 4.79 Å². The van der Waals surface area contributed by atoms with Gasteiger partial charge >= 0.3 is 6.18 Å². The lowest BCUT2D eigenvalue weighted by Gasteiger charge is -2.20. The molecule has 0 aliphatic heterocycles. The molecule has 1 fully saturated rings. The lowest BCUT2D eigenvalue weighted by Crippen LogP contribution is -2.24. The zero-order valence-corrected chi connectivity index (χ0v) is 10.5. The van der Waals surface area contributed by atoms with Gasteiger partial charge in [0.25, 0.3) is 0 Å². The van der Waals surface area contributed by atoms with E-state index in [0.29, 0.717) is 5.69 Å². The molecule has 0 aromatic heterocycles. The second kappa shape index (κ2) is 5.63. The Morgan fingerprint density at radius 1 is 1.05 bits per heavy atom. The molecule has 0 unspecified atom stereocenters. The predicted molar refractivity (Wildman–Crippen MR) is 66.6 cm³/mol. The second-order valence-corrected chi connectivity index (χ2v) is 4.90. The Kier molecular flexibility index (Phi) is 4.12. The lowest BCUT2D eigenvalue weighted by molar-refractivity contribution is -0.137. The highest BCUT2D eigenvalue weighted by molar-refractivity contribution is 5.92. The minimum atomic E-state index is -4.34. The van der Waals surface area contributed by atoms with E-state index in [2.05, 4.69) is 5.32 Å². The van der Waals surface area contributed by atoms with Crippen molar-refractivity contribution >= 4 is 11.6 Å². The van der Waals surface area contributed by atoms with Gasteiger partial charge in [0.2, 0.25) is 5.91 Å². The SMILES string of the molecule is O=C(Nc1ccc(C(F)(F)F)cc1)C1CCCCC1. The highest BCUT2D eigenvalue weighted by Crippen LogP contribution is 2.30. The summed E-state index contributed by atoms with van der Waals surface area (Å²) in [6, 6.07) is 4.56. The first kappa shape index (κ1) is 13.9. The maximum Gasteiger partial charge on any atom is 0.416 e. The summed E-state index contributed by atoms with van der Waals surface area (Å²) >= 11 is 0. The molecule has 1 aromatic carbocycles. The van der Waals surface area contributed by atoms with Crippen molar-refractivity contribution in [3.63, 3.8) is 0 Å².